The molecule has 0 saturated heterocycles. The molecule has 0 amide bonds. The summed E-state index contributed by atoms with van der Waals surface area (Å²) in [7, 11) is 0. The average molecular weight is 217 g/mol. The number of rotatable bonds is 10. The molecule has 3 nitrogen and oxygen atoms in total. The molecule has 0 aromatic rings. The van der Waals surface area contributed by atoms with Gasteiger partial charge in [-0.05, 0) is 32.7 Å². The molecule has 1 atom stereocenters. The Balaban J connectivity index is 3.11. The van der Waals surface area contributed by atoms with Crippen LogP contribution in [0.4, 0.5) is 0 Å². The molecule has 0 aromatic heterocycles. The van der Waals surface area contributed by atoms with E-state index in [1.54, 1.807) is 0 Å². The normalized spacial score (nSPS) is 15.2. The third-order valence-electron chi connectivity index (χ3n) is 2.55. The summed E-state index contributed by atoms with van der Waals surface area (Å²) in [5, 5.41) is 12.9. The van der Waals surface area contributed by atoms with E-state index in [4.69, 9.17) is 4.74 Å². The van der Waals surface area contributed by atoms with E-state index in [9.17, 15) is 5.11 Å². The highest BCUT2D eigenvalue weighted by Gasteiger charge is 2.15. The molecule has 92 valence electrons. The van der Waals surface area contributed by atoms with E-state index in [0.717, 1.165) is 39.0 Å². The summed E-state index contributed by atoms with van der Waals surface area (Å²) in [4.78, 5) is 0. The Morgan fingerprint density at radius 3 is 2.47 bits per heavy atom. The largest absolute Gasteiger partial charge is 0.389 e. The molecule has 0 aromatic carbocycles. The first-order valence-corrected chi connectivity index (χ1v) is 6.13. The van der Waals surface area contributed by atoms with Gasteiger partial charge in [0.2, 0.25) is 0 Å². The minimum absolute atomic E-state index is 0.566. The van der Waals surface area contributed by atoms with E-state index < -0.39 is 5.60 Å². The van der Waals surface area contributed by atoms with Gasteiger partial charge in [0.05, 0.1) is 5.60 Å². The zero-order valence-corrected chi connectivity index (χ0v) is 10.5. The Bertz CT molecular complexity index is 138. The van der Waals surface area contributed by atoms with Crippen LogP contribution < -0.4 is 5.32 Å². The summed E-state index contributed by atoms with van der Waals surface area (Å²) in [6.07, 6.45) is 4.14. The molecule has 0 bridgehead atoms. The minimum Gasteiger partial charge on any atom is -0.389 e. The van der Waals surface area contributed by atoms with Crippen molar-refractivity contribution < 1.29 is 9.84 Å². The SMILES string of the molecule is CCCCOCCCNCC(C)(O)CC. The molecule has 15 heavy (non-hydrogen) atoms. The molecule has 0 rings (SSSR count). The lowest BCUT2D eigenvalue weighted by Gasteiger charge is -2.21. The maximum absolute atomic E-state index is 9.70. The molecule has 0 fully saturated rings. The summed E-state index contributed by atoms with van der Waals surface area (Å²) in [5.41, 5.74) is -0.566. The Kier molecular flexibility index (Phi) is 9.06. The van der Waals surface area contributed by atoms with Gasteiger partial charge in [-0.15, -0.1) is 0 Å². The van der Waals surface area contributed by atoms with Crippen molar-refractivity contribution in [3.8, 4) is 0 Å². The third kappa shape index (κ3) is 10.2. The van der Waals surface area contributed by atoms with Gasteiger partial charge in [-0.1, -0.05) is 20.3 Å². The van der Waals surface area contributed by atoms with Gasteiger partial charge >= 0.3 is 0 Å². The van der Waals surface area contributed by atoms with Crippen LogP contribution >= 0.6 is 0 Å². The summed E-state index contributed by atoms with van der Waals surface area (Å²) in [6, 6.07) is 0. The van der Waals surface area contributed by atoms with Crippen molar-refractivity contribution in [3.63, 3.8) is 0 Å². The Morgan fingerprint density at radius 1 is 1.20 bits per heavy atom. The number of hydrogen-bond donors (Lipinski definition) is 2. The molecule has 3 heteroatoms. The number of aliphatic hydroxyl groups is 1. The molecule has 0 radical (unpaired) electrons. The van der Waals surface area contributed by atoms with Gasteiger partial charge in [0, 0.05) is 19.8 Å². The van der Waals surface area contributed by atoms with Crippen LogP contribution in [0.2, 0.25) is 0 Å². The smallest absolute Gasteiger partial charge is 0.0740 e. The van der Waals surface area contributed by atoms with Crippen molar-refractivity contribution in [2.45, 2.75) is 52.1 Å². The van der Waals surface area contributed by atoms with Crippen molar-refractivity contribution in [1.82, 2.24) is 5.32 Å². The molecule has 0 aliphatic heterocycles. The fraction of sp³-hybridized carbons (Fsp3) is 1.00. The summed E-state index contributed by atoms with van der Waals surface area (Å²) >= 11 is 0. The second-order valence-corrected chi connectivity index (χ2v) is 4.35. The summed E-state index contributed by atoms with van der Waals surface area (Å²) in [6.45, 7) is 9.30. The lowest BCUT2D eigenvalue weighted by molar-refractivity contribution is 0.0548. The van der Waals surface area contributed by atoms with Crippen LogP contribution in [0.5, 0.6) is 0 Å². The summed E-state index contributed by atoms with van der Waals surface area (Å²) < 4.78 is 5.43. The molecule has 1 unspecified atom stereocenters. The number of hydrogen-bond acceptors (Lipinski definition) is 3. The predicted octanol–water partition coefficient (Wildman–Crippen LogP) is 1.94. The van der Waals surface area contributed by atoms with Gasteiger partial charge in [-0.3, -0.25) is 0 Å². The van der Waals surface area contributed by atoms with Crippen LogP contribution in [0.15, 0.2) is 0 Å². The first-order chi connectivity index (χ1) is 7.12. The molecule has 0 aliphatic rings. The lowest BCUT2D eigenvalue weighted by atomic mass is 10.0. The number of ether oxygens (including phenoxy) is 1. The average Bonchev–Trinajstić information content (AvgIpc) is 2.22. The zero-order chi connectivity index (χ0) is 11.6. The van der Waals surface area contributed by atoms with Crippen LogP contribution in [0.25, 0.3) is 0 Å². The maximum atomic E-state index is 9.70. The minimum atomic E-state index is -0.566. The molecule has 0 spiro atoms. The van der Waals surface area contributed by atoms with Crippen LogP contribution in [0.1, 0.15) is 46.5 Å². The Hall–Kier alpha value is -0.120. The van der Waals surface area contributed by atoms with Gasteiger partial charge in [0.1, 0.15) is 0 Å². The first-order valence-electron chi connectivity index (χ1n) is 6.13. The van der Waals surface area contributed by atoms with Gasteiger partial charge in [0.15, 0.2) is 0 Å². The molecular formula is C12H27NO2. The predicted molar refractivity (Wildman–Crippen MR) is 64.1 cm³/mol. The van der Waals surface area contributed by atoms with Crippen LogP contribution in [0.3, 0.4) is 0 Å². The standard InChI is InChI=1S/C12H27NO2/c1-4-6-9-15-10-7-8-13-11-12(3,14)5-2/h13-14H,4-11H2,1-3H3. The summed E-state index contributed by atoms with van der Waals surface area (Å²) in [5.74, 6) is 0. The molecule has 2 N–H and O–H groups in total. The highest BCUT2D eigenvalue weighted by molar-refractivity contribution is 4.72. The fourth-order valence-corrected chi connectivity index (χ4v) is 1.13. The van der Waals surface area contributed by atoms with Gasteiger partial charge in [-0.25, -0.2) is 0 Å². The van der Waals surface area contributed by atoms with E-state index >= 15 is 0 Å². The van der Waals surface area contributed by atoms with Gasteiger partial charge in [-0.2, -0.15) is 0 Å². The number of unbranched alkanes of at least 4 members (excludes halogenated alkanes) is 1. The third-order valence-corrected chi connectivity index (χ3v) is 2.55. The topological polar surface area (TPSA) is 41.5 Å². The van der Waals surface area contributed by atoms with E-state index in [0.29, 0.717) is 6.54 Å². The van der Waals surface area contributed by atoms with E-state index in [1.807, 2.05) is 13.8 Å². The van der Waals surface area contributed by atoms with Crippen molar-refractivity contribution in [2.75, 3.05) is 26.3 Å². The fourth-order valence-electron chi connectivity index (χ4n) is 1.13. The quantitative estimate of drug-likeness (QED) is 0.550. The van der Waals surface area contributed by atoms with E-state index in [-0.39, 0.29) is 0 Å². The van der Waals surface area contributed by atoms with Crippen LogP contribution in [-0.4, -0.2) is 37.0 Å². The maximum Gasteiger partial charge on any atom is 0.0740 e. The van der Waals surface area contributed by atoms with E-state index in [2.05, 4.69) is 12.2 Å². The van der Waals surface area contributed by atoms with Crippen LogP contribution in [-0.2, 0) is 4.74 Å². The second kappa shape index (κ2) is 9.13. The number of nitrogens with one attached hydrogen (secondary N) is 1. The van der Waals surface area contributed by atoms with Crippen LogP contribution in [0, 0.1) is 0 Å². The first kappa shape index (κ1) is 14.9. The monoisotopic (exact) mass is 217 g/mol. The lowest BCUT2D eigenvalue weighted by Crippen LogP contribution is -2.37. The van der Waals surface area contributed by atoms with Crippen molar-refractivity contribution in [1.29, 1.82) is 0 Å². The molecule has 0 saturated carbocycles. The van der Waals surface area contributed by atoms with Crippen molar-refractivity contribution >= 4 is 0 Å². The Labute approximate surface area is 94.2 Å². The second-order valence-electron chi connectivity index (χ2n) is 4.35. The highest BCUT2D eigenvalue weighted by atomic mass is 16.5. The van der Waals surface area contributed by atoms with Crippen molar-refractivity contribution in [2.24, 2.45) is 0 Å². The highest BCUT2D eigenvalue weighted by Crippen LogP contribution is 2.05. The molecule has 0 aliphatic carbocycles. The van der Waals surface area contributed by atoms with Crippen molar-refractivity contribution in [3.05, 3.63) is 0 Å². The Morgan fingerprint density at radius 2 is 1.87 bits per heavy atom. The molecule has 0 heterocycles. The van der Waals surface area contributed by atoms with E-state index in [1.165, 1.54) is 6.42 Å². The van der Waals surface area contributed by atoms with Gasteiger partial charge in [0.25, 0.3) is 0 Å². The zero-order valence-electron chi connectivity index (χ0n) is 10.5. The van der Waals surface area contributed by atoms with Gasteiger partial charge < -0.3 is 15.2 Å². The molecular weight excluding hydrogens is 190 g/mol.